The maximum absolute atomic E-state index is 10.9. The molecule has 0 saturated heterocycles. The summed E-state index contributed by atoms with van der Waals surface area (Å²) in [4.78, 5) is 21.0. The maximum Gasteiger partial charge on any atom is 0.269 e. The molecule has 0 atom stereocenters. The number of hydrogen-bond acceptors (Lipinski definition) is 4. The fourth-order valence-corrected chi connectivity index (χ4v) is 2.94. The zero-order valence-corrected chi connectivity index (χ0v) is 11.5. The third kappa shape index (κ3) is 1.79. The fraction of sp³-hybridized carbons (Fsp3) is 0.200. The summed E-state index contributed by atoms with van der Waals surface area (Å²) in [6.45, 7) is 3.84. The molecular formula is C15H12N2O4. The highest BCUT2D eigenvalue weighted by Gasteiger charge is 2.37. The van der Waals surface area contributed by atoms with Crippen molar-refractivity contribution in [2.75, 3.05) is 0 Å². The van der Waals surface area contributed by atoms with Gasteiger partial charge in [0.05, 0.1) is 9.85 Å². The maximum atomic E-state index is 10.9. The molecule has 0 unspecified atom stereocenters. The molecule has 6 nitrogen and oxygen atoms in total. The SMILES string of the molecule is CC1(C)c2cc([N+](=O)[O-])ccc2-c2ccc([N+](=O)[O-])cc21. The summed E-state index contributed by atoms with van der Waals surface area (Å²) in [5.74, 6) is 0. The Morgan fingerprint density at radius 3 is 1.52 bits per heavy atom. The summed E-state index contributed by atoms with van der Waals surface area (Å²) in [7, 11) is 0. The number of benzene rings is 2. The minimum absolute atomic E-state index is 0.0316. The predicted octanol–water partition coefficient (Wildman–Crippen LogP) is 3.81. The van der Waals surface area contributed by atoms with Gasteiger partial charge in [-0.05, 0) is 34.4 Å². The van der Waals surface area contributed by atoms with E-state index in [1.165, 1.54) is 12.1 Å². The smallest absolute Gasteiger partial charge is 0.258 e. The lowest BCUT2D eigenvalue weighted by Gasteiger charge is -2.20. The van der Waals surface area contributed by atoms with Gasteiger partial charge in [-0.15, -0.1) is 0 Å². The number of nitro benzene ring substituents is 2. The summed E-state index contributed by atoms with van der Waals surface area (Å²) in [6, 6.07) is 9.47. The second-order valence-electron chi connectivity index (χ2n) is 5.60. The van der Waals surface area contributed by atoms with Crippen LogP contribution in [0.2, 0.25) is 0 Å². The van der Waals surface area contributed by atoms with E-state index >= 15 is 0 Å². The van der Waals surface area contributed by atoms with Gasteiger partial charge in [0.1, 0.15) is 0 Å². The normalized spacial score (nSPS) is 14.4. The minimum atomic E-state index is -0.497. The highest BCUT2D eigenvalue weighted by atomic mass is 16.6. The van der Waals surface area contributed by atoms with Crippen molar-refractivity contribution in [1.82, 2.24) is 0 Å². The first-order chi connectivity index (χ1) is 9.82. The van der Waals surface area contributed by atoms with Crippen LogP contribution in [0.1, 0.15) is 25.0 Å². The summed E-state index contributed by atoms with van der Waals surface area (Å²) < 4.78 is 0. The number of fused-ring (bicyclic) bond motifs is 3. The molecule has 2 aromatic rings. The number of hydrogen-bond donors (Lipinski definition) is 0. The van der Waals surface area contributed by atoms with E-state index in [-0.39, 0.29) is 11.4 Å². The van der Waals surface area contributed by atoms with Crippen molar-refractivity contribution in [3.63, 3.8) is 0 Å². The lowest BCUT2D eigenvalue weighted by molar-refractivity contribution is -0.385. The first-order valence-corrected chi connectivity index (χ1v) is 6.40. The molecule has 3 rings (SSSR count). The Morgan fingerprint density at radius 1 is 0.810 bits per heavy atom. The van der Waals surface area contributed by atoms with E-state index in [0.717, 1.165) is 22.3 Å². The molecule has 0 fully saturated rings. The molecule has 0 aliphatic heterocycles. The Hall–Kier alpha value is -2.76. The van der Waals surface area contributed by atoms with E-state index < -0.39 is 15.3 Å². The Bertz CT molecular complexity index is 731. The van der Waals surface area contributed by atoms with E-state index in [1.54, 1.807) is 24.3 Å². The van der Waals surface area contributed by atoms with Crippen LogP contribution in [0.25, 0.3) is 11.1 Å². The van der Waals surface area contributed by atoms with Crippen LogP contribution < -0.4 is 0 Å². The molecule has 106 valence electrons. The van der Waals surface area contributed by atoms with Gasteiger partial charge in [-0.25, -0.2) is 0 Å². The molecule has 0 spiro atoms. The summed E-state index contributed by atoms with van der Waals surface area (Å²) in [5.41, 5.74) is 3.02. The van der Waals surface area contributed by atoms with Gasteiger partial charge in [-0.2, -0.15) is 0 Å². The van der Waals surface area contributed by atoms with E-state index in [1.807, 2.05) is 13.8 Å². The van der Waals surface area contributed by atoms with Crippen molar-refractivity contribution >= 4 is 11.4 Å². The van der Waals surface area contributed by atoms with Crippen LogP contribution in [-0.4, -0.2) is 9.85 Å². The molecule has 0 amide bonds. The Morgan fingerprint density at radius 2 is 1.19 bits per heavy atom. The van der Waals surface area contributed by atoms with E-state index in [9.17, 15) is 20.2 Å². The van der Waals surface area contributed by atoms with Crippen LogP contribution in [0.3, 0.4) is 0 Å². The van der Waals surface area contributed by atoms with Gasteiger partial charge < -0.3 is 0 Å². The van der Waals surface area contributed by atoms with Crippen molar-refractivity contribution < 1.29 is 9.85 Å². The quantitative estimate of drug-likeness (QED) is 0.619. The highest BCUT2D eigenvalue weighted by molar-refractivity contribution is 5.82. The zero-order valence-electron chi connectivity index (χ0n) is 11.5. The summed E-state index contributed by atoms with van der Waals surface area (Å²) in [6.07, 6.45) is 0. The van der Waals surface area contributed by atoms with Crippen molar-refractivity contribution in [3.05, 3.63) is 67.8 Å². The van der Waals surface area contributed by atoms with Crippen molar-refractivity contribution in [1.29, 1.82) is 0 Å². The molecule has 0 bridgehead atoms. The van der Waals surface area contributed by atoms with Crippen LogP contribution >= 0.6 is 0 Å². The van der Waals surface area contributed by atoms with Crippen molar-refractivity contribution in [2.45, 2.75) is 19.3 Å². The van der Waals surface area contributed by atoms with Crippen molar-refractivity contribution in [3.8, 4) is 11.1 Å². The standard InChI is InChI=1S/C15H12N2O4/c1-15(2)13-7-9(16(18)19)3-5-11(13)12-6-4-10(17(20)21)8-14(12)15/h3-8H,1-2H3. The molecule has 2 aromatic carbocycles. The van der Waals surface area contributed by atoms with Gasteiger partial charge in [0, 0.05) is 29.7 Å². The van der Waals surface area contributed by atoms with Gasteiger partial charge in [-0.3, -0.25) is 20.2 Å². The zero-order chi connectivity index (χ0) is 15.4. The monoisotopic (exact) mass is 284 g/mol. The molecule has 0 saturated carbocycles. The molecule has 0 radical (unpaired) electrons. The lowest BCUT2D eigenvalue weighted by Crippen LogP contribution is -2.15. The van der Waals surface area contributed by atoms with Crippen LogP contribution in [0.4, 0.5) is 11.4 Å². The van der Waals surface area contributed by atoms with Gasteiger partial charge in [-0.1, -0.05) is 13.8 Å². The Balaban J connectivity index is 2.26. The van der Waals surface area contributed by atoms with Gasteiger partial charge in [0.15, 0.2) is 0 Å². The number of nitrogens with zero attached hydrogens (tertiary/aromatic N) is 2. The molecule has 0 N–H and O–H groups in total. The van der Waals surface area contributed by atoms with Gasteiger partial charge in [0.2, 0.25) is 0 Å². The van der Waals surface area contributed by atoms with Crippen LogP contribution in [0.5, 0.6) is 0 Å². The average Bonchev–Trinajstić information content (AvgIpc) is 2.67. The van der Waals surface area contributed by atoms with E-state index in [0.29, 0.717) is 0 Å². The lowest BCUT2D eigenvalue weighted by atomic mass is 9.82. The number of non-ortho nitro benzene ring substituents is 2. The molecule has 1 aliphatic rings. The molecule has 0 aromatic heterocycles. The van der Waals surface area contributed by atoms with E-state index in [4.69, 9.17) is 0 Å². The van der Waals surface area contributed by atoms with Crippen LogP contribution in [-0.2, 0) is 5.41 Å². The third-order valence-electron chi connectivity index (χ3n) is 4.06. The molecule has 1 aliphatic carbocycles. The van der Waals surface area contributed by atoms with Gasteiger partial charge in [0.25, 0.3) is 11.4 Å². The first-order valence-electron chi connectivity index (χ1n) is 6.40. The van der Waals surface area contributed by atoms with Crippen molar-refractivity contribution in [2.24, 2.45) is 0 Å². The molecule has 0 heterocycles. The predicted molar refractivity (Wildman–Crippen MR) is 77.3 cm³/mol. The average molecular weight is 284 g/mol. The molecule has 21 heavy (non-hydrogen) atoms. The van der Waals surface area contributed by atoms with Gasteiger partial charge >= 0.3 is 0 Å². The second-order valence-corrected chi connectivity index (χ2v) is 5.60. The molecular weight excluding hydrogens is 272 g/mol. The fourth-order valence-electron chi connectivity index (χ4n) is 2.94. The Kier molecular flexibility index (Phi) is 2.59. The largest absolute Gasteiger partial charge is 0.269 e. The number of nitro groups is 2. The Labute approximate surface area is 120 Å². The van der Waals surface area contributed by atoms with Crippen LogP contribution in [0, 0.1) is 20.2 Å². The highest BCUT2D eigenvalue weighted by Crippen LogP contribution is 2.50. The topological polar surface area (TPSA) is 86.3 Å². The first kappa shape index (κ1) is 13.2. The second kappa shape index (κ2) is 4.12. The molecule has 6 heteroatoms. The van der Waals surface area contributed by atoms with E-state index in [2.05, 4.69) is 0 Å². The third-order valence-corrected chi connectivity index (χ3v) is 4.06. The van der Waals surface area contributed by atoms with Crippen LogP contribution in [0.15, 0.2) is 36.4 Å². The minimum Gasteiger partial charge on any atom is -0.258 e. The summed E-state index contributed by atoms with van der Waals surface area (Å²) >= 11 is 0. The number of rotatable bonds is 2. The summed E-state index contributed by atoms with van der Waals surface area (Å²) in [5, 5.41) is 21.9.